The molecule has 0 unspecified atom stereocenters. The van der Waals surface area contributed by atoms with Crippen molar-refractivity contribution in [3.05, 3.63) is 79.1 Å². The number of hydrogen-bond acceptors (Lipinski definition) is 2. The molecule has 2 aromatic carbocycles. The SMILES string of the molecule is CC(C)(C)N(c1ccccc1)c1cccc(-c2cccnc2)c1. The number of para-hydroxylation sites is 1. The average molecular weight is 302 g/mol. The molecular formula is C21H22N2. The van der Waals surface area contributed by atoms with Crippen molar-refractivity contribution in [2.75, 3.05) is 4.90 Å². The van der Waals surface area contributed by atoms with Crippen molar-refractivity contribution in [2.45, 2.75) is 26.3 Å². The summed E-state index contributed by atoms with van der Waals surface area (Å²) < 4.78 is 0. The smallest absolute Gasteiger partial charge is 0.0422 e. The Morgan fingerprint density at radius 1 is 0.739 bits per heavy atom. The minimum Gasteiger partial charge on any atom is -0.336 e. The summed E-state index contributed by atoms with van der Waals surface area (Å²) in [6.07, 6.45) is 3.71. The lowest BCUT2D eigenvalue weighted by molar-refractivity contribution is 0.560. The maximum atomic E-state index is 4.23. The van der Waals surface area contributed by atoms with Gasteiger partial charge in [-0.15, -0.1) is 0 Å². The molecule has 0 atom stereocenters. The highest BCUT2D eigenvalue weighted by Gasteiger charge is 2.23. The number of pyridine rings is 1. The molecule has 1 aromatic heterocycles. The second kappa shape index (κ2) is 6.25. The van der Waals surface area contributed by atoms with Gasteiger partial charge in [-0.25, -0.2) is 0 Å². The van der Waals surface area contributed by atoms with Crippen LogP contribution in [0, 0.1) is 0 Å². The molecule has 0 amide bonds. The van der Waals surface area contributed by atoms with Gasteiger partial charge in [-0.2, -0.15) is 0 Å². The van der Waals surface area contributed by atoms with Crippen LogP contribution in [-0.2, 0) is 0 Å². The van der Waals surface area contributed by atoms with E-state index < -0.39 is 0 Å². The van der Waals surface area contributed by atoms with Crippen molar-refractivity contribution < 1.29 is 0 Å². The highest BCUT2D eigenvalue weighted by molar-refractivity contribution is 5.72. The first kappa shape index (κ1) is 15.3. The maximum Gasteiger partial charge on any atom is 0.0422 e. The van der Waals surface area contributed by atoms with Crippen LogP contribution in [0.4, 0.5) is 11.4 Å². The summed E-state index contributed by atoms with van der Waals surface area (Å²) in [7, 11) is 0. The van der Waals surface area contributed by atoms with E-state index in [0.29, 0.717) is 0 Å². The number of benzene rings is 2. The first-order chi connectivity index (χ1) is 11.1. The summed E-state index contributed by atoms with van der Waals surface area (Å²) in [5.41, 5.74) is 4.68. The van der Waals surface area contributed by atoms with Crippen molar-refractivity contribution in [1.82, 2.24) is 4.98 Å². The van der Waals surface area contributed by atoms with Crippen LogP contribution in [0.2, 0.25) is 0 Å². The van der Waals surface area contributed by atoms with Crippen molar-refractivity contribution >= 4 is 11.4 Å². The van der Waals surface area contributed by atoms with E-state index in [1.807, 2.05) is 12.3 Å². The molecule has 2 nitrogen and oxygen atoms in total. The molecule has 0 spiro atoms. The number of anilines is 2. The fraction of sp³-hybridized carbons (Fsp3) is 0.190. The molecule has 0 fully saturated rings. The lowest BCUT2D eigenvalue weighted by atomic mass is 10.0. The number of rotatable bonds is 3. The van der Waals surface area contributed by atoms with E-state index in [0.717, 1.165) is 5.56 Å². The van der Waals surface area contributed by atoms with Gasteiger partial charge in [-0.05, 0) is 56.7 Å². The van der Waals surface area contributed by atoms with Gasteiger partial charge in [0, 0.05) is 34.9 Å². The van der Waals surface area contributed by atoms with Crippen LogP contribution < -0.4 is 4.90 Å². The van der Waals surface area contributed by atoms with Crippen molar-refractivity contribution in [2.24, 2.45) is 0 Å². The fourth-order valence-electron chi connectivity index (χ4n) is 2.86. The van der Waals surface area contributed by atoms with Crippen molar-refractivity contribution in [1.29, 1.82) is 0 Å². The first-order valence-corrected chi connectivity index (χ1v) is 7.91. The molecule has 3 aromatic rings. The first-order valence-electron chi connectivity index (χ1n) is 7.91. The van der Waals surface area contributed by atoms with Crippen molar-refractivity contribution in [3.63, 3.8) is 0 Å². The molecule has 0 aliphatic rings. The van der Waals surface area contributed by atoms with E-state index in [1.165, 1.54) is 16.9 Å². The Bertz CT molecular complexity index is 759. The third-order valence-corrected chi connectivity index (χ3v) is 3.78. The van der Waals surface area contributed by atoms with E-state index in [2.05, 4.69) is 91.3 Å². The van der Waals surface area contributed by atoms with Gasteiger partial charge in [0.25, 0.3) is 0 Å². The fourth-order valence-corrected chi connectivity index (χ4v) is 2.86. The van der Waals surface area contributed by atoms with E-state index in [9.17, 15) is 0 Å². The van der Waals surface area contributed by atoms with E-state index >= 15 is 0 Å². The summed E-state index contributed by atoms with van der Waals surface area (Å²) in [6, 6.07) is 23.2. The highest BCUT2D eigenvalue weighted by Crippen LogP contribution is 2.35. The van der Waals surface area contributed by atoms with Crippen LogP contribution in [0.15, 0.2) is 79.1 Å². The molecule has 0 bridgehead atoms. The number of aromatic nitrogens is 1. The standard InChI is InChI=1S/C21H22N2/c1-21(2,3)23(19-11-5-4-6-12-19)20-13-7-9-17(15-20)18-10-8-14-22-16-18/h4-16H,1-3H3. The van der Waals surface area contributed by atoms with Crippen LogP contribution in [-0.4, -0.2) is 10.5 Å². The Labute approximate surface area is 138 Å². The van der Waals surface area contributed by atoms with Gasteiger partial charge in [-0.1, -0.05) is 36.4 Å². The molecule has 23 heavy (non-hydrogen) atoms. The predicted octanol–water partition coefficient (Wildman–Crippen LogP) is 5.69. The molecule has 0 aliphatic heterocycles. The predicted molar refractivity (Wildman–Crippen MR) is 98.0 cm³/mol. The molecule has 0 saturated heterocycles. The zero-order chi connectivity index (χ0) is 16.3. The van der Waals surface area contributed by atoms with Crippen LogP contribution in [0.1, 0.15) is 20.8 Å². The molecule has 0 aliphatic carbocycles. The summed E-state index contributed by atoms with van der Waals surface area (Å²) in [4.78, 5) is 6.60. The molecule has 0 N–H and O–H groups in total. The average Bonchev–Trinajstić information content (AvgIpc) is 2.56. The molecule has 0 saturated carbocycles. The topological polar surface area (TPSA) is 16.1 Å². The Hall–Kier alpha value is -2.61. The summed E-state index contributed by atoms with van der Waals surface area (Å²) >= 11 is 0. The zero-order valence-electron chi connectivity index (χ0n) is 13.9. The monoisotopic (exact) mass is 302 g/mol. The van der Waals surface area contributed by atoms with Gasteiger partial charge in [0.15, 0.2) is 0 Å². The van der Waals surface area contributed by atoms with Gasteiger partial charge < -0.3 is 4.90 Å². The molecular weight excluding hydrogens is 280 g/mol. The van der Waals surface area contributed by atoms with Gasteiger partial charge in [0.2, 0.25) is 0 Å². The number of nitrogens with zero attached hydrogens (tertiary/aromatic N) is 2. The Morgan fingerprint density at radius 3 is 2.09 bits per heavy atom. The Morgan fingerprint density at radius 2 is 1.43 bits per heavy atom. The Kier molecular flexibility index (Phi) is 4.16. The largest absolute Gasteiger partial charge is 0.336 e. The third-order valence-electron chi connectivity index (χ3n) is 3.78. The minimum atomic E-state index is -0.0189. The van der Waals surface area contributed by atoms with Crippen LogP contribution in [0.5, 0.6) is 0 Å². The van der Waals surface area contributed by atoms with E-state index in [-0.39, 0.29) is 5.54 Å². The summed E-state index contributed by atoms with van der Waals surface area (Å²) in [5, 5.41) is 0. The Balaban J connectivity index is 2.08. The van der Waals surface area contributed by atoms with Crippen LogP contribution >= 0.6 is 0 Å². The molecule has 1 heterocycles. The summed E-state index contributed by atoms with van der Waals surface area (Å²) in [5.74, 6) is 0. The normalized spacial score (nSPS) is 11.3. The van der Waals surface area contributed by atoms with Crippen LogP contribution in [0.25, 0.3) is 11.1 Å². The van der Waals surface area contributed by atoms with Gasteiger partial charge in [-0.3, -0.25) is 4.98 Å². The van der Waals surface area contributed by atoms with Crippen molar-refractivity contribution in [3.8, 4) is 11.1 Å². The molecule has 3 rings (SSSR count). The van der Waals surface area contributed by atoms with Gasteiger partial charge >= 0.3 is 0 Å². The molecule has 2 heteroatoms. The third kappa shape index (κ3) is 3.42. The maximum absolute atomic E-state index is 4.23. The number of hydrogen-bond donors (Lipinski definition) is 0. The van der Waals surface area contributed by atoms with E-state index in [4.69, 9.17) is 0 Å². The minimum absolute atomic E-state index is 0.0189. The summed E-state index contributed by atoms with van der Waals surface area (Å²) in [6.45, 7) is 6.70. The lowest BCUT2D eigenvalue weighted by Crippen LogP contribution is -2.37. The quantitative estimate of drug-likeness (QED) is 0.618. The van der Waals surface area contributed by atoms with E-state index in [1.54, 1.807) is 6.20 Å². The van der Waals surface area contributed by atoms with Gasteiger partial charge in [0.1, 0.15) is 0 Å². The second-order valence-corrected chi connectivity index (χ2v) is 6.63. The molecule has 116 valence electrons. The lowest BCUT2D eigenvalue weighted by Gasteiger charge is -2.38. The van der Waals surface area contributed by atoms with Crippen LogP contribution in [0.3, 0.4) is 0 Å². The highest BCUT2D eigenvalue weighted by atomic mass is 15.2. The van der Waals surface area contributed by atoms with Gasteiger partial charge in [0.05, 0.1) is 0 Å². The zero-order valence-corrected chi connectivity index (χ0v) is 13.9. The molecule has 0 radical (unpaired) electrons. The second-order valence-electron chi connectivity index (χ2n) is 6.63.